The molecule has 1 N–H and O–H groups in total. The van der Waals surface area contributed by atoms with Gasteiger partial charge in [0, 0.05) is 6.61 Å². The van der Waals surface area contributed by atoms with Crippen molar-refractivity contribution >= 4 is 11.9 Å². The molecule has 1 aliphatic heterocycles. The zero-order chi connectivity index (χ0) is 16.5. The summed E-state index contributed by atoms with van der Waals surface area (Å²) < 4.78 is 20.8. The lowest BCUT2D eigenvalue weighted by molar-refractivity contribution is -0.157. The van der Waals surface area contributed by atoms with Crippen LogP contribution in [0.1, 0.15) is 12.8 Å². The fraction of sp³-hybridized carbons (Fsp3) is 0.500. The number of carbonyl (C=O) groups is 2. The van der Waals surface area contributed by atoms with Crippen molar-refractivity contribution in [2.45, 2.75) is 18.9 Å². The molecule has 0 spiro atoms. The molecule has 0 unspecified atom stereocenters. The average Bonchev–Trinajstić information content (AvgIpc) is 3.11. The van der Waals surface area contributed by atoms with E-state index in [9.17, 15) is 9.59 Å². The van der Waals surface area contributed by atoms with E-state index in [1.54, 1.807) is 19.2 Å². The van der Waals surface area contributed by atoms with Gasteiger partial charge in [-0.3, -0.25) is 4.79 Å². The minimum Gasteiger partial charge on any atom is -0.493 e. The van der Waals surface area contributed by atoms with E-state index in [1.165, 1.54) is 0 Å². The standard InChI is InChI=1S/C16H21NO6/c1-20-12-5-2-3-6-13(12)22-10-8-17-15(18)11-23-16(19)14-7-4-9-21-14/h2-3,5-6,14H,4,7-11H2,1H3,(H,17,18)/t14-/m0/s1. The molecule has 7 heteroatoms. The summed E-state index contributed by atoms with van der Waals surface area (Å²) in [6, 6.07) is 7.25. The minimum atomic E-state index is -0.531. The van der Waals surface area contributed by atoms with Gasteiger partial charge in [-0.25, -0.2) is 4.79 Å². The van der Waals surface area contributed by atoms with E-state index < -0.39 is 12.1 Å². The third kappa shape index (κ3) is 5.45. The van der Waals surface area contributed by atoms with Gasteiger partial charge in [0.15, 0.2) is 24.2 Å². The van der Waals surface area contributed by atoms with Crippen molar-refractivity contribution in [3.63, 3.8) is 0 Å². The summed E-state index contributed by atoms with van der Waals surface area (Å²) in [7, 11) is 1.56. The largest absolute Gasteiger partial charge is 0.493 e. The molecule has 1 atom stereocenters. The first-order chi connectivity index (χ1) is 11.2. The Bertz CT molecular complexity index is 527. The molecule has 1 saturated heterocycles. The Morgan fingerprint density at radius 1 is 1.30 bits per heavy atom. The highest BCUT2D eigenvalue weighted by Crippen LogP contribution is 2.25. The van der Waals surface area contributed by atoms with Crippen LogP contribution < -0.4 is 14.8 Å². The SMILES string of the molecule is COc1ccccc1OCCNC(=O)COC(=O)[C@@H]1CCCO1. The van der Waals surface area contributed by atoms with Gasteiger partial charge in [-0.2, -0.15) is 0 Å². The van der Waals surface area contributed by atoms with Crippen molar-refractivity contribution in [3.8, 4) is 11.5 Å². The molecule has 1 aromatic carbocycles. The maximum Gasteiger partial charge on any atom is 0.335 e. The summed E-state index contributed by atoms with van der Waals surface area (Å²) >= 11 is 0. The molecule has 2 rings (SSSR count). The minimum absolute atomic E-state index is 0.284. The summed E-state index contributed by atoms with van der Waals surface area (Å²) in [5, 5.41) is 2.61. The maximum atomic E-state index is 11.6. The Morgan fingerprint density at radius 3 is 2.78 bits per heavy atom. The van der Waals surface area contributed by atoms with Crippen molar-refractivity contribution in [3.05, 3.63) is 24.3 Å². The second-order valence-corrected chi connectivity index (χ2v) is 4.96. The Kier molecular flexibility index (Phi) is 6.68. The van der Waals surface area contributed by atoms with Gasteiger partial charge < -0.3 is 24.3 Å². The van der Waals surface area contributed by atoms with Crippen molar-refractivity contribution in [2.24, 2.45) is 0 Å². The summed E-state index contributed by atoms with van der Waals surface area (Å²) in [5.41, 5.74) is 0. The molecule has 1 aliphatic rings. The second-order valence-electron chi connectivity index (χ2n) is 4.96. The Balaban J connectivity index is 1.60. The molecule has 126 valence electrons. The molecule has 0 bridgehead atoms. The van der Waals surface area contributed by atoms with Crippen molar-refractivity contribution < 1.29 is 28.5 Å². The summed E-state index contributed by atoms with van der Waals surface area (Å²) in [4.78, 5) is 23.2. The van der Waals surface area contributed by atoms with Crippen LogP contribution in [-0.4, -0.2) is 51.5 Å². The lowest BCUT2D eigenvalue weighted by Gasteiger charge is -2.11. The maximum absolute atomic E-state index is 11.6. The molecule has 1 heterocycles. The van der Waals surface area contributed by atoms with Gasteiger partial charge in [0.05, 0.1) is 13.7 Å². The lowest BCUT2D eigenvalue weighted by atomic mass is 10.2. The van der Waals surface area contributed by atoms with Crippen LogP contribution in [0, 0.1) is 0 Å². The summed E-state index contributed by atoms with van der Waals surface area (Å²) in [5.74, 6) is 0.376. The van der Waals surface area contributed by atoms with Crippen molar-refractivity contribution in [1.82, 2.24) is 5.32 Å². The molecule has 1 amide bonds. The molecule has 0 radical (unpaired) electrons. The van der Waals surface area contributed by atoms with E-state index in [4.69, 9.17) is 18.9 Å². The number of carbonyl (C=O) groups excluding carboxylic acids is 2. The predicted molar refractivity (Wildman–Crippen MR) is 81.4 cm³/mol. The van der Waals surface area contributed by atoms with E-state index in [0.29, 0.717) is 31.1 Å². The van der Waals surface area contributed by atoms with Gasteiger partial charge >= 0.3 is 5.97 Å². The zero-order valence-electron chi connectivity index (χ0n) is 13.1. The number of amides is 1. The monoisotopic (exact) mass is 323 g/mol. The Labute approximate surface area is 134 Å². The molecule has 1 fully saturated rings. The van der Waals surface area contributed by atoms with E-state index in [-0.39, 0.29) is 19.1 Å². The first-order valence-corrected chi connectivity index (χ1v) is 7.51. The highest BCUT2D eigenvalue weighted by Gasteiger charge is 2.25. The van der Waals surface area contributed by atoms with E-state index in [1.807, 2.05) is 12.1 Å². The number of methoxy groups -OCH3 is 1. The van der Waals surface area contributed by atoms with Crippen LogP contribution in [0.4, 0.5) is 0 Å². The number of ether oxygens (including phenoxy) is 4. The highest BCUT2D eigenvalue weighted by atomic mass is 16.6. The number of benzene rings is 1. The van der Waals surface area contributed by atoms with E-state index >= 15 is 0 Å². The number of esters is 1. The van der Waals surface area contributed by atoms with Gasteiger partial charge in [-0.1, -0.05) is 12.1 Å². The van der Waals surface area contributed by atoms with Gasteiger partial charge in [-0.15, -0.1) is 0 Å². The van der Waals surface area contributed by atoms with Crippen LogP contribution in [0.5, 0.6) is 11.5 Å². The van der Waals surface area contributed by atoms with Gasteiger partial charge in [0.25, 0.3) is 5.91 Å². The Morgan fingerprint density at radius 2 is 2.09 bits per heavy atom. The summed E-state index contributed by atoms with van der Waals surface area (Å²) in [6.45, 7) is 0.833. The summed E-state index contributed by atoms with van der Waals surface area (Å²) in [6.07, 6.45) is 0.955. The molecular weight excluding hydrogens is 302 g/mol. The molecule has 0 aromatic heterocycles. The molecular formula is C16H21NO6. The third-order valence-corrected chi connectivity index (χ3v) is 3.29. The first-order valence-electron chi connectivity index (χ1n) is 7.51. The Hall–Kier alpha value is -2.28. The number of nitrogens with one attached hydrogen (secondary N) is 1. The second kappa shape index (κ2) is 8.99. The van der Waals surface area contributed by atoms with Crippen LogP contribution in [0.2, 0.25) is 0 Å². The molecule has 1 aromatic rings. The van der Waals surface area contributed by atoms with E-state index in [2.05, 4.69) is 5.32 Å². The zero-order valence-corrected chi connectivity index (χ0v) is 13.1. The van der Waals surface area contributed by atoms with Crippen molar-refractivity contribution in [2.75, 3.05) is 33.5 Å². The third-order valence-electron chi connectivity index (χ3n) is 3.29. The van der Waals surface area contributed by atoms with Crippen molar-refractivity contribution in [1.29, 1.82) is 0 Å². The van der Waals surface area contributed by atoms with Crippen LogP contribution in [-0.2, 0) is 19.1 Å². The predicted octanol–water partition coefficient (Wildman–Crippen LogP) is 0.912. The van der Waals surface area contributed by atoms with E-state index in [0.717, 1.165) is 6.42 Å². The topological polar surface area (TPSA) is 83.1 Å². The molecule has 0 saturated carbocycles. The lowest BCUT2D eigenvalue weighted by Crippen LogP contribution is -2.33. The molecule has 23 heavy (non-hydrogen) atoms. The fourth-order valence-electron chi connectivity index (χ4n) is 2.13. The van der Waals surface area contributed by atoms with Gasteiger partial charge in [0.1, 0.15) is 6.61 Å². The fourth-order valence-corrected chi connectivity index (χ4v) is 2.13. The first kappa shape index (κ1) is 17.1. The quantitative estimate of drug-likeness (QED) is 0.566. The highest BCUT2D eigenvalue weighted by molar-refractivity contribution is 5.82. The van der Waals surface area contributed by atoms with Crippen LogP contribution >= 0.6 is 0 Å². The number of hydrogen-bond donors (Lipinski definition) is 1. The number of para-hydroxylation sites is 2. The number of hydrogen-bond acceptors (Lipinski definition) is 6. The van der Waals surface area contributed by atoms with Crippen LogP contribution in [0.3, 0.4) is 0 Å². The van der Waals surface area contributed by atoms with Gasteiger partial charge in [-0.05, 0) is 25.0 Å². The number of rotatable bonds is 8. The molecule has 7 nitrogen and oxygen atoms in total. The normalized spacial score (nSPS) is 16.7. The average molecular weight is 323 g/mol. The van der Waals surface area contributed by atoms with Crippen LogP contribution in [0.25, 0.3) is 0 Å². The van der Waals surface area contributed by atoms with Crippen LogP contribution in [0.15, 0.2) is 24.3 Å². The molecule has 0 aliphatic carbocycles. The smallest absolute Gasteiger partial charge is 0.335 e. The van der Waals surface area contributed by atoms with Gasteiger partial charge in [0.2, 0.25) is 0 Å².